The van der Waals surface area contributed by atoms with Gasteiger partial charge in [-0.1, -0.05) is 23.4 Å². The van der Waals surface area contributed by atoms with Crippen LogP contribution in [0.5, 0.6) is 0 Å². The van der Waals surface area contributed by atoms with Crippen LogP contribution in [0.25, 0.3) is 5.69 Å². The van der Waals surface area contributed by atoms with Crippen LogP contribution in [0.2, 0.25) is 0 Å². The van der Waals surface area contributed by atoms with Crippen LogP contribution in [0.15, 0.2) is 30.3 Å². The molecule has 0 radical (unpaired) electrons. The molecular formula is C18H20N4O4. The third-order valence-electron chi connectivity index (χ3n) is 5.52. The molecule has 0 unspecified atom stereocenters. The minimum Gasteiger partial charge on any atom is -0.481 e. The summed E-state index contributed by atoms with van der Waals surface area (Å²) in [5.41, 5.74) is 0.796. The lowest BCUT2D eigenvalue weighted by Crippen LogP contribution is -2.45. The predicted octanol–water partition coefficient (Wildman–Crippen LogP) is 1.14. The van der Waals surface area contributed by atoms with E-state index in [-0.39, 0.29) is 24.1 Å². The third kappa shape index (κ3) is 2.48. The van der Waals surface area contributed by atoms with Gasteiger partial charge in [0.2, 0.25) is 0 Å². The standard InChI is InChI=1S/C18H20N4O4/c1-12-15(19-20-22(12)14-5-3-2-4-6-14)16(23)21-9-13-10-26-8-7-18(13,11-21)17(24)25/h2-6,13H,7-11H2,1H3,(H,24,25)/t13-,18+/m0/s1. The number of carbonyl (C=O) groups excluding carboxylic acids is 1. The highest BCUT2D eigenvalue weighted by atomic mass is 16.5. The second-order valence-electron chi connectivity index (χ2n) is 6.94. The number of ether oxygens (including phenoxy) is 1. The summed E-state index contributed by atoms with van der Waals surface area (Å²) in [6, 6.07) is 9.45. The first-order valence-corrected chi connectivity index (χ1v) is 8.61. The van der Waals surface area contributed by atoms with Crippen LogP contribution >= 0.6 is 0 Å². The van der Waals surface area contributed by atoms with E-state index >= 15 is 0 Å². The molecule has 1 amide bonds. The summed E-state index contributed by atoms with van der Waals surface area (Å²) in [7, 11) is 0. The summed E-state index contributed by atoms with van der Waals surface area (Å²) < 4.78 is 7.06. The highest BCUT2D eigenvalue weighted by molar-refractivity contribution is 5.94. The Morgan fingerprint density at radius 1 is 1.31 bits per heavy atom. The van der Waals surface area contributed by atoms with Gasteiger partial charge in [0.1, 0.15) is 0 Å². The molecule has 8 nitrogen and oxygen atoms in total. The fourth-order valence-electron chi connectivity index (χ4n) is 3.95. The monoisotopic (exact) mass is 356 g/mol. The number of nitrogens with zero attached hydrogens (tertiary/aromatic N) is 4. The van der Waals surface area contributed by atoms with Crippen LogP contribution in [0.1, 0.15) is 22.6 Å². The molecule has 0 bridgehead atoms. The molecule has 0 saturated carbocycles. The highest BCUT2D eigenvalue weighted by Crippen LogP contribution is 2.42. The first-order chi connectivity index (χ1) is 12.5. The van der Waals surface area contributed by atoms with Gasteiger partial charge in [0.15, 0.2) is 5.69 Å². The number of carboxylic acids is 1. The lowest BCUT2D eigenvalue weighted by atomic mass is 9.74. The van der Waals surface area contributed by atoms with Crippen molar-refractivity contribution < 1.29 is 19.4 Å². The molecule has 136 valence electrons. The Balaban J connectivity index is 1.61. The van der Waals surface area contributed by atoms with Gasteiger partial charge < -0.3 is 14.7 Å². The molecule has 3 heterocycles. The minimum atomic E-state index is -0.919. The van der Waals surface area contributed by atoms with Gasteiger partial charge in [0.25, 0.3) is 5.91 Å². The fraction of sp³-hybridized carbons (Fsp3) is 0.444. The van der Waals surface area contributed by atoms with Crippen molar-refractivity contribution >= 4 is 11.9 Å². The molecule has 4 rings (SSSR count). The van der Waals surface area contributed by atoms with Crippen molar-refractivity contribution in [3.8, 4) is 5.69 Å². The number of aliphatic carboxylic acids is 1. The number of likely N-dealkylation sites (tertiary alicyclic amines) is 1. The normalized spacial score (nSPS) is 25.1. The number of hydrogen-bond donors (Lipinski definition) is 1. The second kappa shape index (κ2) is 6.21. The molecule has 2 atom stereocenters. The maximum atomic E-state index is 13.0. The average Bonchev–Trinajstić information content (AvgIpc) is 3.23. The number of fused-ring (bicyclic) bond motifs is 1. The number of amides is 1. The Kier molecular flexibility index (Phi) is 3.99. The van der Waals surface area contributed by atoms with E-state index in [1.807, 2.05) is 30.3 Å². The Bertz CT molecular complexity index is 850. The summed E-state index contributed by atoms with van der Waals surface area (Å²) in [6.45, 7) is 3.12. The Hall–Kier alpha value is -2.74. The number of carbonyl (C=O) groups is 2. The number of rotatable bonds is 3. The molecule has 2 aromatic rings. The molecule has 26 heavy (non-hydrogen) atoms. The summed E-state index contributed by atoms with van der Waals surface area (Å²) in [5.74, 6) is -1.33. The molecule has 0 spiro atoms. The number of para-hydroxylation sites is 1. The van der Waals surface area contributed by atoms with Crippen molar-refractivity contribution in [3.63, 3.8) is 0 Å². The molecule has 0 aliphatic carbocycles. The van der Waals surface area contributed by atoms with Gasteiger partial charge in [0, 0.05) is 25.6 Å². The molecule has 2 aliphatic heterocycles. The van der Waals surface area contributed by atoms with Crippen molar-refractivity contribution in [2.75, 3.05) is 26.3 Å². The minimum absolute atomic E-state index is 0.187. The largest absolute Gasteiger partial charge is 0.481 e. The molecule has 1 aromatic heterocycles. The summed E-state index contributed by atoms with van der Waals surface area (Å²) in [6.07, 6.45) is 0.423. The Labute approximate surface area is 150 Å². The number of carboxylic acid groups (broad SMARTS) is 1. The zero-order chi connectivity index (χ0) is 18.3. The van der Waals surface area contributed by atoms with Crippen LogP contribution < -0.4 is 0 Å². The van der Waals surface area contributed by atoms with Crippen LogP contribution in [0, 0.1) is 18.3 Å². The van der Waals surface area contributed by atoms with Gasteiger partial charge in [-0.3, -0.25) is 9.59 Å². The van der Waals surface area contributed by atoms with Crippen molar-refractivity contribution in [3.05, 3.63) is 41.7 Å². The van der Waals surface area contributed by atoms with E-state index in [2.05, 4.69) is 10.3 Å². The summed E-state index contributed by atoms with van der Waals surface area (Å²) in [5, 5.41) is 17.9. The third-order valence-corrected chi connectivity index (χ3v) is 5.52. The van der Waals surface area contributed by atoms with E-state index in [9.17, 15) is 14.7 Å². The van der Waals surface area contributed by atoms with Crippen molar-refractivity contribution in [1.82, 2.24) is 19.9 Å². The van der Waals surface area contributed by atoms with E-state index in [4.69, 9.17) is 4.74 Å². The second-order valence-corrected chi connectivity index (χ2v) is 6.94. The van der Waals surface area contributed by atoms with Gasteiger partial charge in [0.05, 0.1) is 23.4 Å². The fourth-order valence-corrected chi connectivity index (χ4v) is 3.95. The van der Waals surface area contributed by atoms with E-state index in [0.29, 0.717) is 31.9 Å². The first-order valence-electron chi connectivity index (χ1n) is 8.61. The van der Waals surface area contributed by atoms with Crippen LogP contribution in [0.3, 0.4) is 0 Å². The van der Waals surface area contributed by atoms with E-state index < -0.39 is 11.4 Å². The van der Waals surface area contributed by atoms with Crippen molar-refractivity contribution in [2.45, 2.75) is 13.3 Å². The van der Waals surface area contributed by atoms with Gasteiger partial charge in [-0.05, 0) is 25.5 Å². The maximum Gasteiger partial charge on any atom is 0.311 e. The van der Waals surface area contributed by atoms with Crippen molar-refractivity contribution in [1.29, 1.82) is 0 Å². The predicted molar refractivity (Wildman–Crippen MR) is 91.0 cm³/mol. The molecule has 2 fully saturated rings. The van der Waals surface area contributed by atoms with Crippen LogP contribution in [-0.2, 0) is 9.53 Å². The lowest BCUT2D eigenvalue weighted by molar-refractivity contribution is -0.157. The van der Waals surface area contributed by atoms with E-state index in [1.165, 1.54) is 0 Å². The number of benzene rings is 1. The number of hydrogen-bond acceptors (Lipinski definition) is 5. The molecular weight excluding hydrogens is 336 g/mol. The molecule has 1 N–H and O–H groups in total. The van der Waals surface area contributed by atoms with Gasteiger partial charge in [-0.2, -0.15) is 0 Å². The zero-order valence-electron chi connectivity index (χ0n) is 14.5. The molecule has 2 saturated heterocycles. The maximum absolute atomic E-state index is 13.0. The average molecular weight is 356 g/mol. The van der Waals surface area contributed by atoms with Gasteiger partial charge in [-0.25, -0.2) is 4.68 Å². The summed E-state index contributed by atoms with van der Waals surface area (Å²) >= 11 is 0. The SMILES string of the molecule is Cc1c(C(=O)N2C[C@H]3COCC[C@@]3(C(=O)O)C2)nnn1-c1ccccc1. The Morgan fingerprint density at radius 3 is 2.77 bits per heavy atom. The quantitative estimate of drug-likeness (QED) is 0.886. The van der Waals surface area contributed by atoms with Gasteiger partial charge >= 0.3 is 5.97 Å². The zero-order valence-corrected chi connectivity index (χ0v) is 14.5. The molecule has 8 heteroatoms. The first kappa shape index (κ1) is 16.7. The smallest absolute Gasteiger partial charge is 0.311 e. The van der Waals surface area contributed by atoms with Gasteiger partial charge in [-0.15, -0.1) is 5.10 Å². The van der Waals surface area contributed by atoms with E-state index in [1.54, 1.807) is 16.5 Å². The molecule has 2 aliphatic rings. The van der Waals surface area contributed by atoms with E-state index in [0.717, 1.165) is 5.69 Å². The highest BCUT2D eigenvalue weighted by Gasteiger charge is 2.55. The lowest BCUT2D eigenvalue weighted by Gasteiger charge is -2.33. The topological polar surface area (TPSA) is 97.6 Å². The van der Waals surface area contributed by atoms with Crippen LogP contribution in [-0.4, -0.2) is 63.2 Å². The Morgan fingerprint density at radius 2 is 2.08 bits per heavy atom. The van der Waals surface area contributed by atoms with Crippen molar-refractivity contribution in [2.24, 2.45) is 11.3 Å². The summed E-state index contributed by atoms with van der Waals surface area (Å²) in [4.78, 5) is 26.5. The molecule has 1 aromatic carbocycles. The van der Waals surface area contributed by atoms with Crippen LogP contribution in [0.4, 0.5) is 0 Å². The number of aromatic nitrogens is 3.